The fourth-order valence-corrected chi connectivity index (χ4v) is 2.52. The highest BCUT2D eigenvalue weighted by atomic mass is 35.5. The van der Waals surface area contributed by atoms with E-state index in [0.29, 0.717) is 17.0 Å². The van der Waals surface area contributed by atoms with Crippen LogP contribution in [0.25, 0.3) is 5.69 Å². The molecule has 0 saturated carbocycles. The molecular weight excluding hydrogens is 409 g/mol. The topological polar surface area (TPSA) is 68.5 Å². The summed E-state index contributed by atoms with van der Waals surface area (Å²) in [6.45, 7) is 0. The number of anilines is 1. The van der Waals surface area contributed by atoms with Crippen LogP contribution in [0.1, 0.15) is 11.1 Å². The van der Waals surface area contributed by atoms with Crippen LogP contribution in [0, 0.1) is 0 Å². The molecule has 0 aliphatic carbocycles. The van der Waals surface area contributed by atoms with Crippen LogP contribution in [0.2, 0.25) is 5.02 Å². The number of methoxy groups -OCH3 is 1. The van der Waals surface area contributed by atoms with E-state index in [1.807, 2.05) is 0 Å². The fourth-order valence-electron chi connectivity index (χ4n) is 2.35. The van der Waals surface area contributed by atoms with Gasteiger partial charge in [-0.05, 0) is 42.0 Å². The zero-order valence-electron chi connectivity index (χ0n) is 14.9. The van der Waals surface area contributed by atoms with Crippen molar-refractivity contribution in [3.63, 3.8) is 0 Å². The highest BCUT2D eigenvalue weighted by Gasteiger charge is 2.29. The number of rotatable bonds is 5. The molecule has 0 aliphatic heterocycles. The highest BCUT2D eigenvalue weighted by molar-refractivity contribution is 6.32. The number of alkyl halides is 3. The predicted molar refractivity (Wildman–Crippen MR) is 104 cm³/mol. The van der Waals surface area contributed by atoms with Gasteiger partial charge in [0.05, 0.1) is 30.8 Å². The maximum absolute atomic E-state index is 12.6. The molecule has 2 aromatic carbocycles. The van der Waals surface area contributed by atoms with Crippen LogP contribution in [0.15, 0.2) is 64.6 Å². The van der Waals surface area contributed by atoms with E-state index in [2.05, 4.69) is 15.6 Å². The van der Waals surface area contributed by atoms with Crippen LogP contribution >= 0.6 is 11.6 Å². The van der Waals surface area contributed by atoms with E-state index in [1.165, 1.54) is 31.7 Å². The van der Waals surface area contributed by atoms with Gasteiger partial charge in [0.1, 0.15) is 16.5 Å². The smallest absolute Gasteiger partial charge is 0.416 e. The summed E-state index contributed by atoms with van der Waals surface area (Å²) in [5.41, 5.74) is 2.33. The van der Waals surface area contributed by atoms with Crippen LogP contribution in [-0.4, -0.2) is 23.1 Å². The minimum atomic E-state index is -4.40. The van der Waals surface area contributed by atoms with Crippen molar-refractivity contribution < 1.29 is 17.9 Å². The molecule has 0 amide bonds. The first kappa shape index (κ1) is 20.4. The van der Waals surface area contributed by atoms with Gasteiger partial charge in [0, 0.05) is 0 Å². The summed E-state index contributed by atoms with van der Waals surface area (Å²) in [6.07, 6.45) is -1.79. The summed E-state index contributed by atoms with van der Waals surface area (Å²) < 4.78 is 43.9. The Bertz CT molecular complexity index is 1080. The van der Waals surface area contributed by atoms with E-state index < -0.39 is 17.3 Å². The molecule has 0 bridgehead atoms. The van der Waals surface area contributed by atoms with Gasteiger partial charge in [-0.15, -0.1) is 0 Å². The Morgan fingerprint density at radius 3 is 2.38 bits per heavy atom. The van der Waals surface area contributed by atoms with Crippen LogP contribution < -0.4 is 15.7 Å². The van der Waals surface area contributed by atoms with Gasteiger partial charge in [-0.25, -0.2) is 0 Å². The molecule has 10 heteroatoms. The lowest BCUT2D eigenvalue weighted by Gasteiger charge is -2.08. The van der Waals surface area contributed by atoms with Crippen molar-refractivity contribution in [3.8, 4) is 11.4 Å². The van der Waals surface area contributed by atoms with Crippen LogP contribution in [-0.2, 0) is 6.18 Å². The van der Waals surface area contributed by atoms with E-state index in [0.717, 1.165) is 16.8 Å². The van der Waals surface area contributed by atoms with E-state index in [-0.39, 0.29) is 10.7 Å². The lowest BCUT2D eigenvalue weighted by molar-refractivity contribution is -0.137. The second kappa shape index (κ2) is 8.36. The van der Waals surface area contributed by atoms with Crippen molar-refractivity contribution in [1.29, 1.82) is 0 Å². The van der Waals surface area contributed by atoms with Gasteiger partial charge in [0.25, 0.3) is 5.56 Å². The van der Waals surface area contributed by atoms with Gasteiger partial charge < -0.3 is 4.74 Å². The second-order valence-corrected chi connectivity index (χ2v) is 6.15. The normalized spacial score (nSPS) is 11.6. The molecular formula is C19H14ClF3N4O2. The van der Waals surface area contributed by atoms with Crippen LogP contribution in [0.4, 0.5) is 18.9 Å². The summed E-state index contributed by atoms with van der Waals surface area (Å²) in [5, 5.41) is 7.79. The minimum Gasteiger partial charge on any atom is -0.497 e. The number of hydrogen-bond acceptors (Lipinski definition) is 5. The maximum atomic E-state index is 12.6. The Morgan fingerprint density at radius 1 is 1.14 bits per heavy atom. The predicted octanol–water partition coefficient (Wildman–Crippen LogP) is 4.36. The van der Waals surface area contributed by atoms with E-state index in [4.69, 9.17) is 16.3 Å². The van der Waals surface area contributed by atoms with Gasteiger partial charge in [-0.2, -0.15) is 28.1 Å². The average molecular weight is 423 g/mol. The van der Waals surface area contributed by atoms with Crippen molar-refractivity contribution in [2.24, 2.45) is 5.10 Å². The van der Waals surface area contributed by atoms with E-state index in [9.17, 15) is 18.0 Å². The molecule has 0 aliphatic rings. The third kappa shape index (κ3) is 4.75. The van der Waals surface area contributed by atoms with Crippen molar-refractivity contribution in [3.05, 3.63) is 81.2 Å². The number of hydrogen-bond donors (Lipinski definition) is 1. The monoisotopic (exact) mass is 422 g/mol. The van der Waals surface area contributed by atoms with Crippen LogP contribution in [0.3, 0.4) is 0 Å². The van der Waals surface area contributed by atoms with Gasteiger partial charge in [-0.1, -0.05) is 23.7 Å². The summed E-state index contributed by atoms with van der Waals surface area (Å²) in [5.74, 6) is 0.629. The number of benzene rings is 2. The molecule has 1 heterocycles. The number of ether oxygens (including phenoxy) is 1. The Morgan fingerprint density at radius 2 is 1.79 bits per heavy atom. The molecule has 0 saturated heterocycles. The zero-order chi connectivity index (χ0) is 21.0. The van der Waals surface area contributed by atoms with Crippen molar-refractivity contribution >= 4 is 23.5 Å². The summed E-state index contributed by atoms with van der Waals surface area (Å²) >= 11 is 6.10. The van der Waals surface area contributed by atoms with Crippen molar-refractivity contribution in [2.75, 3.05) is 12.5 Å². The maximum Gasteiger partial charge on any atom is 0.416 e. The zero-order valence-corrected chi connectivity index (χ0v) is 15.7. The molecule has 1 N–H and O–H groups in total. The van der Waals surface area contributed by atoms with E-state index >= 15 is 0 Å². The lowest BCUT2D eigenvalue weighted by Crippen LogP contribution is -2.22. The number of aromatic nitrogens is 2. The minimum absolute atomic E-state index is 0.139. The first-order chi connectivity index (χ1) is 13.8. The van der Waals surface area contributed by atoms with Gasteiger partial charge >= 0.3 is 6.18 Å². The summed E-state index contributed by atoms with van der Waals surface area (Å²) in [4.78, 5) is 12.4. The summed E-state index contributed by atoms with van der Waals surface area (Å²) in [6, 6.07) is 11.1. The number of nitrogens with one attached hydrogen (secondary N) is 1. The quantitative estimate of drug-likeness (QED) is 0.490. The van der Waals surface area contributed by atoms with Crippen molar-refractivity contribution in [2.45, 2.75) is 6.18 Å². The first-order valence-corrected chi connectivity index (χ1v) is 8.56. The van der Waals surface area contributed by atoms with E-state index in [1.54, 1.807) is 24.3 Å². The standard InChI is InChI=1S/C19H14ClF3N4O2/c1-29-15-8-6-14(7-9-15)27-18(28)17(20)16(11-25-27)26-24-10-12-2-4-13(5-3-12)19(21,22)23/h2-11,26H,1H3/b24-10-. The van der Waals surface area contributed by atoms with Crippen LogP contribution in [0.5, 0.6) is 5.75 Å². The SMILES string of the molecule is COc1ccc(-n2ncc(N/N=C\c3ccc(C(F)(F)F)cc3)c(Cl)c2=O)cc1. The largest absolute Gasteiger partial charge is 0.497 e. The Balaban J connectivity index is 1.75. The lowest BCUT2D eigenvalue weighted by atomic mass is 10.1. The van der Waals surface area contributed by atoms with Crippen molar-refractivity contribution in [1.82, 2.24) is 9.78 Å². The molecule has 6 nitrogen and oxygen atoms in total. The molecule has 1 aromatic heterocycles. The molecule has 150 valence electrons. The average Bonchev–Trinajstić information content (AvgIpc) is 2.71. The number of nitrogens with zero attached hydrogens (tertiary/aromatic N) is 3. The molecule has 0 fully saturated rings. The molecule has 3 rings (SSSR count). The molecule has 29 heavy (non-hydrogen) atoms. The molecule has 0 atom stereocenters. The molecule has 0 spiro atoms. The Hall–Kier alpha value is -3.33. The number of halogens is 4. The summed E-state index contributed by atoms with van der Waals surface area (Å²) in [7, 11) is 1.53. The van der Waals surface area contributed by atoms with Gasteiger partial charge in [0.15, 0.2) is 0 Å². The van der Waals surface area contributed by atoms with Gasteiger partial charge in [-0.3, -0.25) is 10.2 Å². The van der Waals surface area contributed by atoms with Gasteiger partial charge in [0.2, 0.25) is 0 Å². The molecule has 3 aromatic rings. The molecule has 0 radical (unpaired) electrons. The Labute approximate surface area is 168 Å². The highest BCUT2D eigenvalue weighted by Crippen LogP contribution is 2.28. The number of hydrazone groups is 1. The third-order valence-corrected chi connectivity index (χ3v) is 4.24. The Kier molecular flexibility index (Phi) is 5.88. The first-order valence-electron chi connectivity index (χ1n) is 8.18. The third-order valence-electron chi connectivity index (χ3n) is 3.87. The second-order valence-electron chi connectivity index (χ2n) is 5.78. The molecule has 0 unspecified atom stereocenters. The fraction of sp³-hybridized carbons (Fsp3) is 0.105.